The number of nitrogens with two attached hydrogens (primary N) is 1. The fourth-order valence-corrected chi connectivity index (χ4v) is 1.56. The van der Waals surface area contributed by atoms with E-state index in [1.165, 1.54) is 6.07 Å². The Kier molecular flexibility index (Phi) is 2.39. The summed E-state index contributed by atoms with van der Waals surface area (Å²) in [6.45, 7) is 0.435. The van der Waals surface area contributed by atoms with Crippen LogP contribution in [0.5, 0.6) is 5.75 Å². The fraction of sp³-hybridized carbons (Fsp3) is 0.200. The largest absolute Gasteiger partial charge is 0.506 e. The van der Waals surface area contributed by atoms with Crippen molar-refractivity contribution >= 4 is 10.9 Å². The first-order valence-electron chi connectivity index (χ1n) is 4.63. The number of phenolic OH excluding ortho intramolecular Hbond substituents is 1. The highest BCUT2D eigenvalue weighted by Crippen LogP contribution is 2.22. The van der Waals surface area contributed by atoms with E-state index in [0.29, 0.717) is 24.2 Å². The molecule has 0 radical (unpaired) electrons. The Hall–Kier alpha value is -1.88. The van der Waals surface area contributed by atoms with E-state index in [1.807, 2.05) is 0 Å². The molecule has 0 aliphatic rings. The number of aromatic hydroxyl groups is 1. The van der Waals surface area contributed by atoms with Gasteiger partial charge in [-0.25, -0.2) is 4.79 Å². The highest BCUT2D eigenvalue weighted by molar-refractivity contribution is 5.85. The van der Waals surface area contributed by atoms with Crippen LogP contribution >= 0.6 is 0 Å². The topological polar surface area (TPSA) is 92.0 Å². The molecule has 0 bridgehead atoms. The normalized spacial score (nSPS) is 10.7. The number of rotatable bonds is 2. The highest BCUT2D eigenvalue weighted by atomic mass is 16.3. The Morgan fingerprint density at radius 1 is 1.47 bits per heavy atom. The summed E-state index contributed by atoms with van der Waals surface area (Å²) in [6, 6.07) is 5.00. The maximum Gasteiger partial charge on any atom is 0.345 e. The van der Waals surface area contributed by atoms with E-state index in [1.54, 1.807) is 12.1 Å². The fourth-order valence-electron chi connectivity index (χ4n) is 1.56. The monoisotopic (exact) mass is 205 g/mol. The molecule has 5 heteroatoms. The van der Waals surface area contributed by atoms with Crippen molar-refractivity contribution < 1.29 is 5.11 Å². The molecule has 0 saturated carbocycles. The van der Waals surface area contributed by atoms with Gasteiger partial charge in [0.15, 0.2) is 0 Å². The van der Waals surface area contributed by atoms with Gasteiger partial charge in [0.05, 0.1) is 0 Å². The van der Waals surface area contributed by atoms with E-state index in [4.69, 9.17) is 5.73 Å². The van der Waals surface area contributed by atoms with Crippen LogP contribution in [-0.4, -0.2) is 21.6 Å². The van der Waals surface area contributed by atoms with Crippen LogP contribution < -0.4 is 11.4 Å². The van der Waals surface area contributed by atoms with Crippen LogP contribution in [0, 0.1) is 0 Å². The molecule has 0 aliphatic carbocycles. The molecule has 4 N–H and O–H groups in total. The number of hydrogen-bond donors (Lipinski definition) is 3. The van der Waals surface area contributed by atoms with E-state index in [9.17, 15) is 9.90 Å². The lowest BCUT2D eigenvalue weighted by molar-refractivity contribution is 0.480. The zero-order chi connectivity index (χ0) is 10.8. The van der Waals surface area contributed by atoms with E-state index >= 15 is 0 Å². The molecule has 0 amide bonds. The van der Waals surface area contributed by atoms with Crippen molar-refractivity contribution in [1.82, 2.24) is 9.97 Å². The van der Waals surface area contributed by atoms with Gasteiger partial charge in [-0.1, -0.05) is 12.1 Å². The number of nitrogens with zero attached hydrogens (tertiary/aromatic N) is 1. The van der Waals surface area contributed by atoms with Crippen molar-refractivity contribution in [2.24, 2.45) is 5.73 Å². The summed E-state index contributed by atoms with van der Waals surface area (Å²) in [5.74, 6) is 0.0110. The molecule has 2 rings (SSSR count). The average molecular weight is 205 g/mol. The Morgan fingerprint density at radius 3 is 3.00 bits per heavy atom. The molecule has 0 spiro atoms. The van der Waals surface area contributed by atoms with E-state index in [2.05, 4.69) is 9.97 Å². The van der Waals surface area contributed by atoms with Gasteiger partial charge in [0.2, 0.25) is 0 Å². The number of aromatic amines is 1. The van der Waals surface area contributed by atoms with Crippen LogP contribution in [0.2, 0.25) is 0 Å². The van der Waals surface area contributed by atoms with Crippen LogP contribution in [0.3, 0.4) is 0 Å². The van der Waals surface area contributed by atoms with Crippen LogP contribution in [-0.2, 0) is 6.42 Å². The summed E-state index contributed by atoms with van der Waals surface area (Å²) >= 11 is 0. The molecular weight excluding hydrogens is 194 g/mol. The van der Waals surface area contributed by atoms with Crippen molar-refractivity contribution in [1.29, 1.82) is 0 Å². The minimum Gasteiger partial charge on any atom is -0.506 e. The second-order valence-electron chi connectivity index (χ2n) is 3.23. The quantitative estimate of drug-likeness (QED) is 0.649. The lowest BCUT2D eigenvalue weighted by Gasteiger charge is -2.04. The third-order valence-corrected chi connectivity index (χ3v) is 2.21. The van der Waals surface area contributed by atoms with Crippen LogP contribution in [0.4, 0.5) is 0 Å². The zero-order valence-corrected chi connectivity index (χ0v) is 8.03. The summed E-state index contributed by atoms with van der Waals surface area (Å²) in [7, 11) is 0. The second-order valence-corrected chi connectivity index (χ2v) is 3.23. The first kappa shape index (κ1) is 9.67. The minimum atomic E-state index is -0.465. The minimum absolute atomic E-state index is 0.0110. The third-order valence-electron chi connectivity index (χ3n) is 2.21. The standard InChI is InChI=1S/C10H11N3O2/c11-5-4-7-6-2-1-3-8(14)9(6)13-10(15)12-7/h1-3,14H,4-5,11H2,(H,12,13,15). The maximum absolute atomic E-state index is 11.2. The van der Waals surface area contributed by atoms with Gasteiger partial charge in [0.1, 0.15) is 11.3 Å². The number of fused-ring (bicyclic) bond motifs is 1. The van der Waals surface area contributed by atoms with Gasteiger partial charge in [0, 0.05) is 17.5 Å². The van der Waals surface area contributed by atoms with Crippen molar-refractivity contribution in [3.63, 3.8) is 0 Å². The predicted octanol–water partition coefficient (Wildman–Crippen LogP) is 0.130. The van der Waals surface area contributed by atoms with Crippen molar-refractivity contribution in [3.05, 3.63) is 34.4 Å². The molecule has 2 aromatic rings. The number of H-pyrrole nitrogens is 1. The molecule has 5 nitrogen and oxygen atoms in total. The maximum atomic E-state index is 11.2. The number of hydrogen-bond acceptors (Lipinski definition) is 4. The third kappa shape index (κ3) is 1.69. The molecule has 0 saturated heterocycles. The van der Waals surface area contributed by atoms with Crippen LogP contribution in [0.15, 0.2) is 23.0 Å². The van der Waals surface area contributed by atoms with Gasteiger partial charge < -0.3 is 15.8 Å². The number of benzene rings is 1. The number of phenols is 1. The summed E-state index contributed by atoms with van der Waals surface area (Å²) in [5, 5.41) is 10.3. The molecule has 78 valence electrons. The molecule has 0 unspecified atom stereocenters. The highest BCUT2D eigenvalue weighted by Gasteiger charge is 2.06. The first-order chi connectivity index (χ1) is 7.22. The molecule has 1 aromatic carbocycles. The lowest BCUT2D eigenvalue weighted by atomic mass is 10.1. The summed E-state index contributed by atoms with van der Waals surface area (Å²) < 4.78 is 0. The van der Waals surface area contributed by atoms with Gasteiger partial charge in [-0.2, -0.15) is 4.98 Å². The zero-order valence-electron chi connectivity index (χ0n) is 8.03. The Balaban J connectivity index is 2.80. The Bertz CT molecular complexity index is 548. The van der Waals surface area contributed by atoms with Crippen LogP contribution in [0.1, 0.15) is 5.69 Å². The van der Waals surface area contributed by atoms with Gasteiger partial charge >= 0.3 is 5.69 Å². The summed E-state index contributed by atoms with van der Waals surface area (Å²) in [5.41, 5.74) is 6.00. The molecule has 1 heterocycles. The number of aromatic nitrogens is 2. The average Bonchev–Trinajstić information content (AvgIpc) is 2.20. The van der Waals surface area contributed by atoms with Gasteiger partial charge in [0.25, 0.3) is 0 Å². The van der Waals surface area contributed by atoms with Gasteiger partial charge in [-0.05, 0) is 12.6 Å². The summed E-state index contributed by atoms with van der Waals surface area (Å²) in [6.07, 6.45) is 0.553. The Labute approximate surface area is 85.6 Å². The molecular formula is C10H11N3O2. The van der Waals surface area contributed by atoms with Crippen LogP contribution in [0.25, 0.3) is 10.9 Å². The SMILES string of the molecule is NCCc1[nH]c(=O)nc2c(O)cccc12. The van der Waals surface area contributed by atoms with Gasteiger partial charge in [-0.15, -0.1) is 0 Å². The predicted molar refractivity (Wildman–Crippen MR) is 56.8 cm³/mol. The smallest absolute Gasteiger partial charge is 0.345 e. The van der Waals surface area contributed by atoms with Crippen molar-refractivity contribution in [3.8, 4) is 5.75 Å². The Morgan fingerprint density at radius 2 is 2.27 bits per heavy atom. The molecule has 0 aliphatic heterocycles. The molecule has 0 atom stereocenters. The van der Waals surface area contributed by atoms with E-state index in [0.717, 1.165) is 5.39 Å². The first-order valence-corrected chi connectivity index (χ1v) is 4.63. The second kappa shape index (κ2) is 3.70. The van der Waals surface area contributed by atoms with Crippen molar-refractivity contribution in [2.45, 2.75) is 6.42 Å². The van der Waals surface area contributed by atoms with E-state index < -0.39 is 5.69 Å². The molecule has 0 fully saturated rings. The molecule has 15 heavy (non-hydrogen) atoms. The number of para-hydroxylation sites is 1. The van der Waals surface area contributed by atoms with E-state index in [-0.39, 0.29) is 5.75 Å². The van der Waals surface area contributed by atoms with Crippen molar-refractivity contribution in [2.75, 3.05) is 6.54 Å². The summed E-state index contributed by atoms with van der Waals surface area (Å²) in [4.78, 5) is 17.5. The van der Waals surface area contributed by atoms with Gasteiger partial charge in [-0.3, -0.25) is 0 Å². The number of nitrogens with one attached hydrogen (secondary N) is 1. The lowest BCUT2D eigenvalue weighted by Crippen LogP contribution is -2.15. The molecule has 1 aromatic heterocycles.